The van der Waals surface area contributed by atoms with Gasteiger partial charge in [-0.2, -0.15) is 0 Å². The minimum Gasteiger partial charge on any atom is -0.481 e. The van der Waals surface area contributed by atoms with E-state index in [1.165, 1.54) is 0 Å². The highest BCUT2D eigenvalue weighted by Gasteiger charge is 2.27. The molecular formula is C14H20O3. The largest absolute Gasteiger partial charge is 0.481 e. The molecule has 0 radical (unpaired) electrons. The summed E-state index contributed by atoms with van der Waals surface area (Å²) in [5.74, 6) is -1.65. The molecule has 2 N–H and O–H groups in total. The van der Waals surface area contributed by atoms with Crippen molar-refractivity contribution in [3.8, 4) is 0 Å². The molecule has 3 atom stereocenters. The fraction of sp³-hybridized carbons (Fsp3) is 0.500. The molecule has 0 aliphatic heterocycles. The van der Waals surface area contributed by atoms with Gasteiger partial charge in [0.15, 0.2) is 0 Å². The van der Waals surface area contributed by atoms with Crippen molar-refractivity contribution in [1.82, 2.24) is 0 Å². The first kappa shape index (κ1) is 13.7. The maximum absolute atomic E-state index is 11.2. The molecule has 0 heterocycles. The normalized spacial score (nSPS) is 16.2. The Labute approximate surface area is 102 Å². The maximum Gasteiger partial charge on any atom is 0.307 e. The van der Waals surface area contributed by atoms with Crippen LogP contribution in [0.4, 0.5) is 0 Å². The van der Waals surface area contributed by atoms with Gasteiger partial charge in [0.1, 0.15) is 0 Å². The summed E-state index contributed by atoms with van der Waals surface area (Å²) in [6.07, 6.45) is -0.150. The Morgan fingerprint density at radius 2 is 1.76 bits per heavy atom. The highest BCUT2D eigenvalue weighted by Crippen LogP contribution is 2.21. The lowest BCUT2D eigenvalue weighted by molar-refractivity contribution is -0.145. The first-order valence-corrected chi connectivity index (χ1v) is 5.88. The van der Waals surface area contributed by atoms with Crippen LogP contribution in [0, 0.1) is 18.8 Å². The van der Waals surface area contributed by atoms with Crippen molar-refractivity contribution in [3.05, 3.63) is 35.4 Å². The summed E-state index contributed by atoms with van der Waals surface area (Å²) in [5.41, 5.74) is 2.15. The number of carboxylic acids is 1. The van der Waals surface area contributed by atoms with Crippen molar-refractivity contribution >= 4 is 5.97 Å². The summed E-state index contributed by atoms with van der Waals surface area (Å²) in [5, 5.41) is 18.7. The van der Waals surface area contributed by atoms with Gasteiger partial charge in [0.2, 0.25) is 0 Å². The Kier molecular flexibility index (Phi) is 4.70. The van der Waals surface area contributed by atoms with Gasteiger partial charge >= 0.3 is 5.97 Å². The lowest BCUT2D eigenvalue weighted by atomic mass is 9.85. The van der Waals surface area contributed by atoms with Crippen molar-refractivity contribution in [3.63, 3.8) is 0 Å². The molecular weight excluding hydrogens is 216 g/mol. The van der Waals surface area contributed by atoms with E-state index in [9.17, 15) is 15.0 Å². The monoisotopic (exact) mass is 236 g/mol. The molecule has 0 fully saturated rings. The van der Waals surface area contributed by atoms with E-state index >= 15 is 0 Å². The average molecular weight is 236 g/mol. The van der Waals surface area contributed by atoms with Gasteiger partial charge in [0.05, 0.1) is 12.0 Å². The summed E-state index contributed by atoms with van der Waals surface area (Å²) >= 11 is 0. The lowest BCUT2D eigenvalue weighted by Crippen LogP contribution is -2.30. The Balaban J connectivity index is 2.80. The molecule has 0 aromatic heterocycles. The topological polar surface area (TPSA) is 57.5 Å². The van der Waals surface area contributed by atoms with Gasteiger partial charge in [0.25, 0.3) is 0 Å². The van der Waals surface area contributed by atoms with Crippen molar-refractivity contribution < 1.29 is 15.0 Å². The van der Waals surface area contributed by atoms with Crippen LogP contribution < -0.4 is 0 Å². The number of benzene rings is 1. The second kappa shape index (κ2) is 5.82. The molecule has 17 heavy (non-hydrogen) atoms. The average Bonchev–Trinajstić information content (AvgIpc) is 2.26. The highest BCUT2D eigenvalue weighted by atomic mass is 16.4. The summed E-state index contributed by atoms with van der Waals surface area (Å²) < 4.78 is 0. The van der Waals surface area contributed by atoms with Gasteiger partial charge in [-0.25, -0.2) is 0 Å². The molecule has 0 amide bonds. The second-order valence-electron chi connectivity index (χ2n) is 4.73. The molecule has 94 valence electrons. The predicted octanol–water partition coefficient (Wildman–Crippen LogP) is 2.26. The van der Waals surface area contributed by atoms with Crippen LogP contribution in [0.25, 0.3) is 0 Å². The van der Waals surface area contributed by atoms with Crippen molar-refractivity contribution in [1.29, 1.82) is 0 Å². The first-order chi connectivity index (χ1) is 7.91. The summed E-state index contributed by atoms with van der Waals surface area (Å²) in [6.45, 7) is 5.41. The van der Waals surface area contributed by atoms with E-state index in [4.69, 9.17) is 0 Å². The van der Waals surface area contributed by atoms with Gasteiger partial charge in [-0.05, 0) is 31.7 Å². The van der Waals surface area contributed by atoms with E-state index in [1.807, 2.05) is 31.2 Å². The third-order valence-electron chi connectivity index (χ3n) is 3.29. The fourth-order valence-corrected chi connectivity index (χ4v) is 1.81. The van der Waals surface area contributed by atoms with E-state index in [1.54, 1.807) is 13.8 Å². The van der Waals surface area contributed by atoms with Crippen LogP contribution in [-0.2, 0) is 11.2 Å². The summed E-state index contributed by atoms with van der Waals surface area (Å²) in [6, 6.07) is 7.84. The van der Waals surface area contributed by atoms with E-state index in [2.05, 4.69) is 0 Å². The van der Waals surface area contributed by atoms with E-state index in [0.717, 1.165) is 11.1 Å². The number of carboxylic acid groups (broad SMARTS) is 1. The number of rotatable bonds is 5. The van der Waals surface area contributed by atoms with Crippen LogP contribution in [0.2, 0.25) is 0 Å². The van der Waals surface area contributed by atoms with Crippen LogP contribution >= 0.6 is 0 Å². The molecule has 0 bridgehead atoms. The molecule has 0 saturated heterocycles. The smallest absolute Gasteiger partial charge is 0.307 e. The number of aliphatic carboxylic acids is 1. The van der Waals surface area contributed by atoms with Crippen molar-refractivity contribution in [2.24, 2.45) is 11.8 Å². The molecule has 0 saturated carbocycles. The zero-order valence-corrected chi connectivity index (χ0v) is 10.6. The third kappa shape index (κ3) is 3.86. The summed E-state index contributed by atoms with van der Waals surface area (Å²) in [4.78, 5) is 11.2. The lowest BCUT2D eigenvalue weighted by Gasteiger charge is -2.22. The standard InChI is InChI=1S/C14H20O3/c1-9-4-6-12(7-5-9)8-13(14(16)17)10(2)11(3)15/h4-7,10-11,13,15H,8H2,1-3H3,(H,16,17). The maximum atomic E-state index is 11.2. The van der Waals surface area contributed by atoms with E-state index in [-0.39, 0.29) is 5.92 Å². The van der Waals surface area contributed by atoms with Crippen LogP contribution in [0.1, 0.15) is 25.0 Å². The molecule has 1 rings (SSSR count). The molecule has 3 heteroatoms. The van der Waals surface area contributed by atoms with Gasteiger partial charge < -0.3 is 10.2 Å². The summed E-state index contributed by atoms with van der Waals surface area (Å²) in [7, 11) is 0. The number of hydrogen-bond acceptors (Lipinski definition) is 2. The minimum atomic E-state index is -0.848. The molecule has 0 aliphatic rings. The Bertz CT molecular complexity index is 368. The number of aryl methyl sites for hydroxylation is 1. The zero-order valence-electron chi connectivity index (χ0n) is 10.6. The predicted molar refractivity (Wildman–Crippen MR) is 66.9 cm³/mol. The quantitative estimate of drug-likeness (QED) is 0.824. The van der Waals surface area contributed by atoms with E-state index in [0.29, 0.717) is 6.42 Å². The van der Waals surface area contributed by atoms with Crippen LogP contribution in [0.15, 0.2) is 24.3 Å². The fourth-order valence-electron chi connectivity index (χ4n) is 1.81. The highest BCUT2D eigenvalue weighted by molar-refractivity contribution is 5.70. The van der Waals surface area contributed by atoms with Gasteiger partial charge in [-0.1, -0.05) is 36.8 Å². The SMILES string of the molecule is Cc1ccc(CC(C(=O)O)C(C)C(C)O)cc1. The number of carbonyl (C=O) groups is 1. The molecule has 0 spiro atoms. The number of aliphatic hydroxyl groups is 1. The second-order valence-corrected chi connectivity index (χ2v) is 4.73. The van der Waals surface area contributed by atoms with Gasteiger partial charge in [0, 0.05) is 0 Å². The van der Waals surface area contributed by atoms with Gasteiger partial charge in [-0.3, -0.25) is 4.79 Å². The molecule has 3 unspecified atom stereocenters. The van der Waals surface area contributed by atoms with Crippen molar-refractivity contribution in [2.75, 3.05) is 0 Å². The molecule has 0 aliphatic carbocycles. The first-order valence-electron chi connectivity index (χ1n) is 5.88. The zero-order chi connectivity index (χ0) is 13.0. The molecule has 3 nitrogen and oxygen atoms in total. The minimum absolute atomic E-state index is 0.256. The van der Waals surface area contributed by atoms with Crippen molar-refractivity contribution in [2.45, 2.75) is 33.3 Å². The Morgan fingerprint density at radius 3 is 2.18 bits per heavy atom. The van der Waals surface area contributed by atoms with Crippen LogP contribution in [0.3, 0.4) is 0 Å². The molecule has 1 aromatic rings. The van der Waals surface area contributed by atoms with Crippen LogP contribution in [-0.4, -0.2) is 22.3 Å². The van der Waals surface area contributed by atoms with Crippen LogP contribution in [0.5, 0.6) is 0 Å². The van der Waals surface area contributed by atoms with Gasteiger partial charge in [-0.15, -0.1) is 0 Å². The third-order valence-corrected chi connectivity index (χ3v) is 3.29. The number of hydrogen-bond donors (Lipinski definition) is 2. The molecule has 1 aromatic carbocycles. The van der Waals surface area contributed by atoms with E-state index < -0.39 is 18.0 Å². The number of aliphatic hydroxyl groups excluding tert-OH is 1. The Hall–Kier alpha value is -1.35. The Morgan fingerprint density at radius 1 is 1.24 bits per heavy atom.